The van der Waals surface area contributed by atoms with Gasteiger partial charge >= 0.3 is 6.09 Å². The lowest BCUT2D eigenvalue weighted by Gasteiger charge is -2.39. The number of nitrogens with one attached hydrogen (secondary N) is 2. The van der Waals surface area contributed by atoms with Crippen molar-refractivity contribution in [2.75, 3.05) is 6.54 Å². The SMILES string of the molecule is CCCCCNC(=O)C(c1ccc(O)c(C)c1)N(C(=O)C(CC(C)C)NC(=O)OC(C)(C)C)C(C)CCC(C)C. The lowest BCUT2D eigenvalue weighted by Crippen LogP contribution is -2.56. The summed E-state index contributed by atoms with van der Waals surface area (Å²) in [6.07, 6.45) is 4.16. The number of benzene rings is 1. The number of aryl methyl sites for hydroxylation is 1. The number of hydrogen-bond donors (Lipinski definition) is 3. The van der Waals surface area contributed by atoms with Gasteiger partial charge in [-0.2, -0.15) is 0 Å². The molecule has 0 saturated carbocycles. The number of phenols is 1. The van der Waals surface area contributed by atoms with Crippen LogP contribution in [-0.4, -0.2) is 52.1 Å². The third kappa shape index (κ3) is 12.2. The fraction of sp³-hybridized carbons (Fsp3) is 0.719. The van der Waals surface area contributed by atoms with E-state index in [1.54, 1.807) is 50.8 Å². The molecule has 0 aliphatic carbocycles. The van der Waals surface area contributed by atoms with Crippen molar-refractivity contribution in [1.82, 2.24) is 15.5 Å². The average molecular weight is 562 g/mol. The van der Waals surface area contributed by atoms with Crippen LogP contribution in [0.15, 0.2) is 18.2 Å². The summed E-state index contributed by atoms with van der Waals surface area (Å²) in [5, 5.41) is 16.1. The molecule has 8 heteroatoms. The van der Waals surface area contributed by atoms with Crippen molar-refractivity contribution in [3.05, 3.63) is 29.3 Å². The minimum atomic E-state index is -0.925. The minimum Gasteiger partial charge on any atom is -0.508 e. The largest absolute Gasteiger partial charge is 0.508 e. The molecule has 0 aromatic heterocycles. The molecule has 40 heavy (non-hydrogen) atoms. The van der Waals surface area contributed by atoms with Crippen LogP contribution in [0.2, 0.25) is 0 Å². The first-order valence-electron chi connectivity index (χ1n) is 15.0. The lowest BCUT2D eigenvalue weighted by molar-refractivity contribution is -0.145. The Labute approximate surface area is 242 Å². The van der Waals surface area contributed by atoms with Gasteiger partial charge in [-0.05, 0) is 95.4 Å². The molecule has 1 rings (SSSR count). The van der Waals surface area contributed by atoms with E-state index in [9.17, 15) is 19.5 Å². The second kappa shape index (κ2) is 16.5. The van der Waals surface area contributed by atoms with Crippen molar-refractivity contribution in [2.45, 2.75) is 131 Å². The average Bonchev–Trinajstić information content (AvgIpc) is 2.83. The molecule has 8 nitrogen and oxygen atoms in total. The number of aromatic hydroxyl groups is 1. The Morgan fingerprint density at radius 2 is 1.65 bits per heavy atom. The van der Waals surface area contributed by atoms with Crippen LogP contribution in [0.5, 0.6) is 5.75 Å². The van der Waals surface area contributed by atoms with Crippen molar-refractivity contribution in [3.8, 4) is 5.75 Å². The summed E-state index contributed by atoms with van der Waals surface area (Å²) >= 11 is 0. The molecule has 228 valence electrons. The van der Waals surface area contributed by atoms with Crippen LogP contribution in [0.3, 0.4) is 0 Å². The molecular weight excluding hydrogens is 506 g/mol. The van der Waals surface area contributed by atoms with Crippen molar-refractivity contribution in [1.29, 1.82) is 0 Å². The molecule has 0 spiro atoms. The van der Waals surface area contributed by atoms with Gasteiger partial charge in [0.15, 0.2) is 0 Å². The Morgan fingerprint density at radius 3 is 2.17 bits per heavy atom. The van der Waals surface area contributed by atoms with Gasteiger partial charge in [0, 0.05) is 12.6 Å². The van der Waals surface area contributed by atoms with Gasteiger partial charge in [-0.15, -0.1) is 0 Å². The fourth-order valence-electron chi connectivity index (χ4n) is 4.61. The molecule has 1 aromatic carbocycles. The maximum absolute atomic E-state index is 14.4. The van der Waals surface area contributed by atoms with Gasteiger partial charge in [-0.1, -0.05) is 53.5 Å². The third-order valence-electron chi connectivity index (χ3n) is 6.73. The number of nitrogens with zero attached hydrogens (tertiary/aromatic N) is 1. The van der Waals surface area contributed by atoms with E-state index in [0.717, 1.165) is 25.7 Å². The number of amides is 3. The first kappa shape index (κ1) is 35.3. The lowest BCUT2D eigenvalue weighted by atomic mass is 9.94. The van der Waals surface area contributed by atoms with Crippen LogP contribution in [-0.2, 0) is 14.3 Å². The van der Waals surface area contributed by atoms with Crippen LogP contribution in [0.4, 0.5) is 4.79 Å². The summed E-state index contributed by atoms with van der Waals surface area (Å²) in [5.74, 6) is 0.0551. The molecule has 0 saturated heterocycles. The summed E-state index contributed by atoms with van der Waals surface area (Å²) in [5.41, 5.74) is 0.521. The molecule has 3 amide bonds. The summed E-state index contributed by atoms with van der Waals surface area (Å²) in [7, 11) is 0. The number of carbonyl (C=O) groups excluding carboxylic acids is 3. The van der Waals surface area contributed by atoms with E-state index in [2.05, 4.69) is 31.4 Å². The highest BCUT2D eigenvalue weighted by Crippen LogP contribution is 2.31. The standard InChI is InChI=1S/C32H55N3O5/c1-11-12-13-18-33-29(37)28(25-16-17-27(36)23(6)20-25)35(24(7)15-14-21(2)3)30(38)26(19-22(4)5)34-31(39)40-32(8,9)10/h16-17,20-22,24,26,28,36H,11-15,18-19H2,1-10H3,(H,33,37)(H,34,39). The zero-order valence-electron chi connectivity index (χ0n) is 26.6. The first-order chi connectivity index (χ1) is 18.6. The summed E-state index contributed by atoms with van der Waals surface area (Å²) in [6, 6.07) is 2.95. The van der Waals surface area contributed by atoms with Crippen molar-refractivity contribution >= 4 is 17.9 Å². The van der Waals surface area contributed by atoms with Crippen molar-refractivity contribution in [3.63, 3.8) is 0 Å². The molecule has 3 N–H and O–H groups in total. The maximum Gasteiger partial charge on any atom is 0.408 e. The quantitative estimate of drug-likeness (QED) is 0.208. The van der Waals surface area contributed by atoms with Gasteiger partial charge in [-0.3, -0.25) is 9.59 Å². The van der Waals surface area contributed by atoms with E-state index in [0.29, 0.717) is 36.4 Å². The van der Waals surface area contributed by atoms with E-state index in [1.165, 1.54) is 0 Å². The minimum absolute atomic E-state index is 0.106. The molecule has 0 aliphatic rings. The highest BCUT2D eigenvalue weighted by Gasteiger charge is 2.39. The van der Waals surface area contributed by atoms with Crippen molar-refractivity contribution < 1.29 is 24.2 Å². The van der Waals surface area contributed by atoms with Crippen LogP contribution < -0.4 is 10.6 Å². The summed E-state index contributed by atoms with van der Waals surface area (Å²) < 4.78 is 5.49. The van der Waals surface area contributed by atoms with E-state index in [1.807, 2.05) is 20.8 Å². The fourth-order valence-corrected chi connectivity index (χ4v) is 4.61. The predicted octanol–water partition coefficient (Wildman–Crippen LogP) is 6.64. The molecule has 0 radical (unpaired) electrons. The molecule has 0 bridgehead atoms. The summed E-state index contributed by atoms with van der Waals surface area (Å²) in [6.45, 7) is 19.9. The number of phenolic OH excluding ortho intramolecular Hbond substituents is 1. The van der Waals surface area contributed by atoms with Gasteiger partial charge in [0.25, 0.3) is 0 Å². The Bertz CT molecular complexity index is 954. The Balaban J connectivity index is 3.62. The number of carbonyl (C=O) groups is 3. The Morgan fingerprint density at radius 1 is 1.00 bits per heavy atom. The second-order valence-electron chi connectivity index (χ2n) is 12.8. The third-order valence-corrected chi connectivity index (χ3v) is 6.73. The van der Waals surface area contributed by atoms with E-state index in [4.69, 9.17) is 4.74 Å². The Kier molecular flexibility index (Phi) is 14.5. The molecule has 0 fully saturated rings. The highest BCUT2D eigenvalue weighted by atomic mass is 16.6. The van der Waals surface area contributed by atoms with E-state index < -0.39 is 23.8 Å². The molecule has 0 heterocycles. The van der Waals surface area contributed by atoms with Crippen LogP contribution in [0.25, 0.3) is 0 Å². The number of rotatable bonds is 15. The maximum atomic E-state index is 14.4. The molecule has 3 unspecified atom stereocenters. The number of ether oxygens (including phenoxy) is 1. The van der Waals surface area contributed by atoms with Crippen molar-refractivity contribution in [2.24, 2.45) is 11.8 Å². The first-order valence-corrected chi connectivity index (χ1v) is 15.0. The zero-order valence-corrected chi connectivity index (χ0v) is 26.6. The smallest absolute Gasteiger partial charge is 0.408 e. The van der Waals surface area contributed by atoms with Crippen LogP contribution in [0, 0.1) is 18.8 Å². The number of alkyl carbamates (subject to hydrolysis) is 1. The van der Waals surface area contributed by atoms with E-state index in [-0.39, 0.29) is 29.5 Å². The number of unbranched alkanes of at least 4 members (excludes halogenated alkanes) is 2. The topological polar surface area (TPSA) is 108 Å². The monoisotopic (exact) mass is 561 g/mol. The molecule has 0 aliphatic heterocycles. The molecule has 3 atom stereocenters. The predicted molar refractivity (Wildman–Crippen MR) is 161 cm³/mol. The Hall–Kier alpha value is -2.77. The van der Waals surface area contributed by atoms with Crippen LogP contribution in [0.1, 0.15) is 118 Å². The second-order valence-corrected chi connectivity index (χ2v) is 12.8. The zero-order chi connectivity index (χ0) is 30.6. The van der Waals surface area contributed by atoms with Gasteiger partial charge in [-0.25, -0.2) is 4.79 Å². The van der Waals surface area contributed by atoms with Gasteiger partial charge in [0.2, 0.25) is 11.8 Å². The van der Waals surface area contributed by atoms with Gasteiger partial charge in [0.05, 0.1) is 0 Å². The van der Waals surface area contributed by atoms with E-state index >= 15 is 0 Å². The molecular formula is C32H55N3O5. The normalized spacial score (nSPS) is 14.0. The number of hydrogen-bond acceptors (Lipinski definition) is 5. The van der Waals surface area contributed by atoms with Gasteiger partial charge < -0.3 is 25.4 Å². The molecule has 1 aromatic rings. The summed E-state index contributed by atoms with van der Waals surface area (Å²) in [4.78, 5) is 42.8. The van der Waals surface area contributed by atoms with Gasteiger partial charge in [0.1, 0.15) is 23.4 Å². The van der Waals surface area contributed by atoms with Crippen LogP contribution >= 0.6 is 0 Å². The highest BCUT2D eigenvalue weighted by molar-refractivity contribution is 5.92.